The lowest BCUT2D eigenvalue weighted by molar-refractivity contribution is -0.0603. The number of methoxy groups -OCH3 is 1. The van der Waals surface area contributed by atoms with Gasteiger partial charge in [0.2, 0.25) is 0 Å². The predicted octanol–water partition coefficient (Wildman–Crippen LogP) is 3.68. The van der Waals surface area contributed by atoms with Crippen molar-refractivity contribution in [3.05, 3.63) is 0 Å². The van der Waals surface area contributed by atoms with Gasteiger partial charge in [0.25, 0.3) is 0 Å². The van der Waals surface area contributed by atoms with Crippen molar-refractivity contribution in [1.82, 2.24) is 10.2 Å². The summed E-state index contributed by atoms with van der Waals surface area (Å²) in [5, 5.41) is 3.73. The topological polar surface area (TPSA) is 24.5 Å². The monoisotopic (exact) mass is 298 g/mol. The van der Waals surface area contributed by atoms with Crippen molar-refractivity contribution in [3.63, 3.8) is 0 Å². The molecule has 1 saturated heterocycles. The summed E-state index contributed by atoms with van der Waals surface area (Å²) in [7, 11) is 1.86. The van der Waals surface area contributed by atoms with Gasteiger partial charge in [0, 0.05) is 32.3 Å². The van der Waals surface area contributed by atoms with Crippen LogP contribution in [0.3, 0.4) is 0 Å². The Kier molecular flexibility index (Phi) is 6.70. The van der Waals surface area contributed by atoms with Crippen LogP contribution >= 0.6 is 0 Å². The van der Waals surface area contributed by atoms with Crippen molar-refractivity contribution in [3.8, 4) is 0 Å². The van der Waals surface area contributed by atoms with E-state index in [1.165, 1.54) is 38.8 Å². The number of ether oxygens (including phenoxy) is 1. The Morgan fingerprint density at radius 1 is 1.19 bits per heavy atom. The second-order valence-corrected chi connectivity index (χ2v) is 8.28. The van der Waals surface area contributed by atoms with Crippen LogP contribution in [0.5, 0.6) is 0 Å². The van der Waals surface area contributed by atoms with E-state index in [0.29, 0.717) is 5.41 Å². The van der Waals surface area contributed by atoms with Crippen molar-refractivity contribution in [2.75, 3.05) is 33.3 Å². The molecular weight excluding hydrogens is 260 g/mol. The van der Waals surface area contributed by atoms with Crippen LogP contribution in [0.4, 0.5) is 0 Å². The largest absolute Gasteiger partial charge is 0.377 e. The molecule has 3 heteroatoms. The molecule has 0 aromatic rings. The van der Waals surface area contributed by atoms with Crippen LogP contribution in [0.25, 0.3) is 0 Å². The highest BCUT2D eigenvalue weighted by Gasteiger charge is 2.36. The quantitative estimate of drug-likeness (QED) is 0.776. The zero-order valence-electron chi connectivity index (χ0n) is 15.5. The molecule has 3 nitrogen and oxygen atoms in total. The molecule has 1 fully saturated rings. The van der Waals surface area contributed by atoms with Gasteiger partial charge >= 0.3 is 0 Å². The molecule has 1 unspecified atom stereocenters. The molecule has 1 atom stereocenters. The fourth-order valence-electron chi connectivity index (χ4n) is 3.32. The average molecular weight is 299 g/mol. The number of hydrogen-bond acceptors (Lipinski definition) is 3. The van der Waals surface area contributed by atoms with Crippen LogP contribution in [0.2, 0.25) is 0 Å². The van der Waals surface area contributed by atoms with Crippen LogP contribution in [-0.2, 0) is 4.74 Å². The molecule has 0 spiro atoms. The van der Waals surface area contributed by atoms with E-state index in [1.807, 2.05) is 7.11 Å². The van der Waals surface area contributed by atoms with Gasteiger partial charge in [0.15, 0.2) is 0 Å². The summed E-state index contributed by atoms with van der Waals surface area (Å²) in [5.74, 6) is 0. The first-order chi connectivity index (χ1) is 9.67. The molecule has 0 radical (unpaired) electrons. The molecule has 1 rings (SSSR count). The number of piperidine rings is 1. The highest BCUT2D eigenvalue weighted by atomic mass is 16.5. The first-order valence-corrected chi connectivity index (χ1v) is 8.70. The Labute approximate surface area is 132 Å². The lowest BCUT2D eigenvalue weighted by Crippen LogP contribution is -2.53. The SMILES string of the molecule is CCC(CC)(CNC(C)(C)C)CN1CCCC(C)(OC)C1. The molecule has 0 aromatic heterocycles. The molecule has 0 amide bonds. The van der Waals surface area contributed by atoms with Crippen LogP contribution in [0.1, 0.15) is 67.2 Å². The standard InChI is InChI=1S/C18H38N2O/c1-8-18(9-2,13-19-16(3,4)5)15-20-12-10-11-17(6,14-20)21-7/h19H,8-15H2,1-7H3. The van der Waals surface area contributed by atoms with E-state index in [1.54, 1.807) is 0 Å². The summed E-state index contributed by atoms with van der Waals surface area (Å²) in [4.78, 5) is 2.63. The molecule has 1 aliphatic rings. The fraction of sp³-hybridized carbons (Fsp3) is 1.00. The van der Waals surface area contributed by atoms with Gasteiger partial charge in [0.05, 0.1) is 5.60 Å². The van der Waals surface area contributed by atoms with Gasteiger partial charge in [-0.1, -0.05) is 13.8 Å². The van der Waals surface area contributed by atoms with Gasteiger partial charge in [-0.25, -0.2) is 0 Å². The molecule has 0 aromatic carbocycles. The lowest BCUT2D eigenvalue weighted by atomic mass is 9.80. The zero-order valence-corrected chi connectivity index (χ0v) is 15.5. The van der Waals surface area contributed by atoms with Crippen molar-refractivity contribution in [2.24, 2.45) is 5.41 Å². The summed E-state index contributed by atoms with van der Waals surface area (Å²) in [6.45, 7) is 18.3. The van der Waals surface area contributed by atoms with E-state index >= 15 is 0 Å². The number of rotatable bonds is 7. The van der Waals surface area contributed by atoms with Crippen molar-refractivity contribution in [2.45, 2.75) is 78.4 Å². The minimum Gasteiger partial charge on any atom is -0.377 e. The second kappa shape index (κ2) is 7.43. The summed E-state index contributed by atoms with van der Waals surface area (Å²) in [6, 6.07) is 0. The van der Waals surface area contributed by atoms with Crippen molar-refractivity contribution >= 4 is 0 Å². The van der Waals surface area contributed by atoms with Gasteiger partial charge < -0.3 is 10.1 Å². The van der Waals surface area contributed by atoms with E-state index in [0.717, 1.165) is 13.1 Å². The van der Waals surface area contributed by atoms with Crippen molar-refractivity contribution < 1.29 is 4.74 Å². The van der Waals surface area contributed by atoms with Gasteiger partial charge in [-0.2, -0.15) is 0 Å². The Bertz CT molecular complexity index is 307. The molecular formula is C18H38N2O. The maximum absolute atomic E-state index is 5.75. The van der Waals surface area contributed by atoms with E-state index in [-0.39, 0.29) is 11.1 Å². The smallest absolute Gasteiger partial charge is 0.0777 e. The van der Waals surface area contributed by atoms with Gasteiger partial charge in [0.1, 0.15) is 0 Å². The lowest BCUT2D eigenvalue weighted by Gasteiger charge is -2.45. The van der Waals surface area contributed by atoms with Crippen molar-refractivity contribution in [1.29, 1.82) is 0 Å². The third kappa shape index (κ3) is 5.88. The summed E-state index contributed by atoms with van der Waals surface area (Å²) >= 11 is 0. The Balaban J connectivity index is 2.68. The Morgan fingerprint density at radius 2 is 1.81 bits per heavy atom. The highest BCUT2D eigenvalue weighted by molar-refractivity contribution is 4.90. The Morgan fingerprint density at radius 3 is 2.29 bits per heavy atom. The second-order valence-electron chi connectivity index (χ2n) is 8.28. The van der Waals surface area contributed by atoms with E-state index in [4.69, 9.17) is 4.74 Å². The molecule has 0 aliphatic carbocycles. The van der Waals surface area contributed by atoms with Crippen LogP contribution in [0, 0.1) is 5.41 Å². The highest BCUT2D eigenvalue weighted by Crippen LogP contribution is 2.31. The van der Waals surface area contributed by atoms with E-state index in [9.17, 15) is 0 Å². The molecule has 0 bridgehead atoms. The molecule has 0 saturated carbocycles. The Hall–Kier alpha value is -0.120. The predicted molar refractivity (Wildman–Crippen MR) is 91.9 cm³/mol. The normalized spacial score (nSPS) is 25.3. The molecule has 1 heterocycles. The first kappa shape index (κ1) is 18.9. The van der Waals surface area contributed by atoms with E-state index in [2.05, 4.69) is 51.8 Å². The summed E-state index contributed by atoms with van der Waals surface area (Å²) in [5.41, 5.74) is 0.612. The average Bonchev–Trinajstić information content (AvgIpc) is 2.43. The third-order valence-electron chi connectivity index (χ3n) is 5.28. The minimum atomic E-state index is 0.0446. The third-order valence-corrected chi connectivity index (χ3v) is 5.28. The van der Waals surface area contributed by atoms with Gasteiger partial charge in [-0.3, -0.25) is 4.90 Å². The van der Waals surface area contributed by atoms with Gasteiger partial charge in [-0.15, -0.1) is 0 Å². The van der Waals surface area contributed by atoms with Crippen LogP contribution in [0.15, 0.2) is 0 Å². The molecule has 21 heavy (non-hydrogen) atoms. The summed E-state index contributed by atoms with van der Waals surface area (Å²) in [6.07, 6.45) is 4.89. The maximum atomic E-state index is 5.75. The number of nitrogens with one attached hydrogen (secondary N) is 1. The molecule has 1 N–H and O–H groups in total. The summed E-state index contributed by atoms with van der Waals surface area (Å²) < 4.78 is 5.75. The number of nitrogens with zero attached hydrogens (tertiary/aromatic N) is 1. The van der Waals surface area contributed by atoms with Gasteiger partial charge in [-0.05, 0) is 65.3 Å². The van der Waals surface area contributed by atoms with E-state index < -0.39 is 0 Å². The zero-order chi connectivity index (χ0) is 16.1. The van der Waals surface area contributed by atoms with Crippen LogP contribution in [-0.4, -0.2) is 49.3 Å². The first-order valence-electron chi connectivity index (χ1n) is 8.70. The number of hydrogen-bond donors (Lipinski definition) is 1. The molecule has 126 valence electrons. The number of likely N-dealkylation sites (tertiary alicyclic amines) is 1. The maximum Gasteiger partial charge on any atom is 0.0777 e. The van der Waals surface area contributed by atoms with Crippen LogP contribution < -0.4 is 5.32 Å². The molecule has 1 aliphatic heterocycles. The fourth-order valence-corrected chi connectivity index (χ4v) is 3.32. The minimum absolute atomic E-state index is 0.0446.